The van der Waals surface area contributed by atoms with Crippen molar-refractivity contribution < 1.29 is 9.32 Å². The Labute approximate surface area is 113 Å². The lowest BCUT2D eigenvalue weighted by Crippen LogP contribution is -2.39. The second-order valence-electron chi connectivity index (χ2n) is 5.93. The monoisotopic (exact) mass is 263 g/mol. The summed E-state index contributed by atoms with van der Waals surface area (Å²) in [6.07, 6.45) is 7.53. The lowest BCUT2D eigenvalue weighted by molar-refractivity contribution is -0.123. The van der Waals surface area contributed by atoms with E-state index >= 15 is 0 Å². The van der Waals surface area contributed by atoms with Crippen LogP contribution in [-0.2, 0) is 4.79 Å². The summed E-state index contributed by atoms with van der Waals surface area (Å²) >= 11 is 0. The smallest absolute Gasteiger partial charge is 0.230 e. The molecular weight excluding hydrogens is 242 g/mol. The molecule has 1 aliphatic heterocycles. The quantitative estimate of drug-likeness (QED) is 0.890. The largest absolute Gasteiger partial charge is 0.354 e. The van der Waals surface area contributed by atoms with Gasteiger partial charge in [-0.25, -0.2) is 0 Å². The highest BCUT2D eigenvalue weighted by molar-refractivity contribution is 5.77. The minimum Gasteiger partial charge on any atom is -0.354 e. The normalized spacial score (nSPS) is 29.2. The van der Waals surface area contributed by atoms with Crippen LogP contribution in [0.3, 0.4) is 0 Å². The van der Waals surface area contributed by atoms with E-state index in [1.807, 2.05) is 6.92 Å². The van der Waals surface area contributed by atoms with E-state index in [0.717, 1.165) is 12.2 Å². The van der Waals surface area contributed by atoms with Crippen LogP contribution in [0, 0.1) is 0 Å². The molecule has 1 aromatic heterocycles. The zero-order valence-electron chi connectivity index (χ0n) is 11.4. The van der Waals surface area contributed by atoms with E-state index in [-0.39, 0.29) is 17.9 Å². The first-order valence-electron chi connectivity index (χ1n) is 7.35. The molecule has 3 rings (SSSR count). The van der Waals surface area contributed by atoms with Crippen molar-refractivity contribution in [2.75, 3.05) is 0 Å². The molecule has 2 heterocycles. The minimum atomic E-state index is 0.0844. The molecule has 0 aromatic carbocycles. The van der Waals surface area contributed by atoms with Gasteiger partial charge in [0.25, 0.3) is 0 Å². The molecule has 1 saturated heterocycles. The van der Waals surface area contributed by atoms with E-state index < -0.39 is 0 Å². The standard InChI is InChI=1S/C14H21N3O2/c1-9-7-11(8-12(18)15-9)14-16-13(17-19-14)10-5-3-2-4-6-10/h9-11H,2-8H2,1H3,(H,15,18). The van der Waals surface area contributed by atoms with Gasteiger partial charge in [-0.1, -0.05) is 24.4 Å². The summed E-state index contributed by atoms with van der Waals surface area (Å²) in [7, 11) is 0. The maximum atomic E-state index is 11.6. The van der Waals surface area contributed by atoms with E-state index in [2.05, 4.69) is 15.5 Å². The number of hydrogen-bond acceptors (Lipinski definition) is 4. The zero-order valence-corrected chi connectivity index (χ0v) is 11.4. The first kappa shape index (κ1) is 12.6. The Balaban J connectivity index is 1.71. The number of nitrogens with one attached hydrogen (secondary N) is 1. The minimum absolute atomic E-state index is 0.0844. The highest BCUT2D eigenvalue weighted by atomic mass is 16.5. The van der Waals surface area contributed by atoms with E-state index in [1.165, 1.54) is 32.1 Å². The summed E-state index contributed by atoms with van der Waals surface area (Å²) in [5, 5.41) is 7.07. The van der Waals surface area contributed by atoms with Crippen LogP contribution in [0.5, 0.6) is 0 Å². The Morgan fingerprint density at radius 3 is 2.74 bits per heavy atom. The third-order valence-electron chi connectivity index (χ3n) is 4.25. The molecule has 1 aromatic rings. The van der Waals surface area contributed by atoms with Crippen molar-refractivity contribution in [2.45, 2.75) is 69.7 Å². The number of hydrogen-bond donors (Lipinski definition) is 1. The molecule has 5 nitrogen and oxygen atoms in total. The van der Waals surface area contributed by atoms with Gasteiger partial charge >= 0.3 is 0 Å². The predicted octanol–water partition coefficient (Wildman–Crippen LogP) is 2.50. The average molecular weight is 263 g/mol. The SMILES string of the molecule is CC1CC(c2nc(C3CCCCC3)no2)CC(=O)N1. The summed E-state index contributed by atoms with van der Waals surface area (Å²) in [6, 6.07) is 0.191. The predicted molar refractivity (Wildman–Crippen MR) is 69.7 cm³/mol. The van der Waals surface area contributed by atoms with Crippen LogP contribution >= 0.6 is 0 Å². The van der Waals surface area contributed by atoms with Crippen molar-refractivity contribution >= 4 is 5.91 Å². The highest BCUT2D eigenvalue weighted by Gasteiger charge is 2.30. The maximum absolute atomic E-state index is 11.6. The number of aromatic nitrogens is 2. The second kappa shape index (κ2) is 5.31. The lowest BCUT2D eigenvalue weighted by atomic mass is 9.88. The Bertz CT molecular complexity index is 451. The van der Waals surface area contributed by atoms with Gasteiger partial charge in [0.05, 0.1) is 0 Å². The van der Waals surface area contributed by atoms with E-state index in [0.29, 0.717) is 18.2 Å². The van der Waals surface area contributed by atoms with Gasteiger partial charge in [-0.05, 0) is 26.2 Å². The molecule has 1 N–H and O–H groups in total. The fraction of sp³-hybridized carbons (Fsp3) is 0.786. The molecule has 2 aliphatic rings. The maximum Gasteiger partial charge on any atom is 0.230 e. The van der Waals surface area contributed by atoms with Crippen molar-refractivity contribution in [3.05, 3.63) is 11.7 Å². The van der Waals surface area contributed by atoms with Crippen molar-refractivity contribution in [3.8, 4) is 0 Å². The lowest BCUT2D eigenvalue weighted by Gasteiger charge is -2.24. The Morgan fingerprint density at radius 2 is 2.00 bits per heavy atom. The molecule has 5 heteroatoms. The molecular formula is C14H21N3O2. The summed E-state index contributed by atoms with van der Waals surface area (Å²) in [5.74, 6) is 2.14. The number of piperidine rings is 1. The van der Waals surface area contributed by atoms with Crippen LogP contribution in [-0.4, -0.2) is 22.1 Å². The molecule has 1 saturated carbocycles. The summed E-state index contributed by atoms with van der Waals surface area (Å²) in [6.45, 7) is 2.02. The van der Waals surface area contributed by atoms with Gasteiger partial charge in [0.2, 0.25) is 11.8 Å². The third kappa shape index (κ3) is 2.80. The van der Waals surface area contributed by atoms with Crippen LogP contribution in [0.2, 0.25) is 0 Å². The van der Waals surface area contributed by atoms with Crippen LogP contribution in [0.25, 0.3) is 0 Å². The third-order valence-corrected chi connectivity index (χ3v) is 4.25. The van der Waals surface area contributed by atoms with Gasteiger partial charge in [-0.15, -0.1) is 0 Å². The van der Waals surface area contributed by atoms with Gasteiger partial charge in [0.1, 0.15) is 0 Å². The van der Waals surface area contributed by atoms with Crippen LogP contribution in [0.4, 0.5) is 0 Å². The zero-order chi connectivity index (χ0) is 13.2. The number of amides is 1. The number of carbonyl (C=O) groups excluding carboxylic acids is 1. The molecule has 2 unspecified atom stereocenters. The van der Waals surface area contributed by atoms with Crippen LogP contribution < -0.4 is 5.32 Å². The molecule has 19 heavy (non-hydrogen) atoms. The Morgan fingerprint density at radius 1 is 1.21 bits per heavy atom. The van der Waals surface area contributed by atoms with Crippen LogP contribution in [0.1, 0.15) is 75.4 Å². The average Bonchev–Trinajstić information content (AvgIpc) is 2.88. The molecule has 1 amide bonds. The summed E-state index contributed by atoms with van der Waals surface area (Å²) < 4.78 is 5.41. The summed E-state index contributed by atoms with van der Waals surface area (Å²) in [4.78, 5) is 16.1. The topological polar surface area (TPSA) is 68.0 Å². The Hall–Kier alpha value is -1.39. The molecule has 0 spiro atoms. The van der Waals surface area contributed by atoms with E-state index in [1.54, 1.807) is 0 Å². The second-order valence-corrected chi connectivity index (χ2v) is 5.93. The van der Waals surface area contributed by atoms with Gasteiger partial charge in [0.15, 0.2) is 5.82 Å². The molecule has 0 radical (unpaired) electrons. The first-order valence-corrected chi connectivity index (χ1v) is 7.35. The van der Waals surface area contributed by atoms with Crippen molar-refractivity contribution in [2.24, 2.45) is 0 Å². The Kier molecular flexibility index (Phi) is 3.53. The van der Waals surface area contributed by atoms with Crippen LogP contribution in [0.15, 0.2) is 4.52 Å². The van der Waals surface area contributed by atoms with E-state index in [4.69, 9.17) is 4.52 Å². The number of nitrogens with zero attached hydrogens (tertiary/aromatic N) is 2. The van der Waals surface area contributed by atoms with Gasteiger partial charge in [0, 0.05) is 24.3 Å². The van der Waals surface area contributed by atoms with Crippen molar-refractivity contribution in [1.29, 1.82) is 0 Å². The van der Waals surface area contributed by atoms with Gasteiger partial charge in [-0.2, -0.15) is 4.98 Å². The van der Waals surface area contributed by atoms with Gasteiger partial charge in [-0.3, -0.25) is 4.79 Å². The summed E-state index contributed by atoms with van der Waals surface area (Å²) in [5.41, 5.74) is 0. The van der Waals surface area contributed by atoms with Gasteiger partial charge < -0.3 is 9.84 Å². The molecule has 2 atom stereocenters. The van der Waals surface area contributed by atoms with Crippen molar-refractivity contribution in [3.63, 3.8) is 0 Å². The molecule has 1 aliphatic carbocycles. The highest BCUT2D eigenvalue weighted by Crippen LogP contribution is 2.33. The van der Waals surface area contributed by atoms with E-state index in [9.17, 15) is 4.79 Å². The number of rotatable bonds is 2. The molecule has 104 valence electrons. The molecule has 2 fully saturated rings. The molecule has 0 bridgehead atoms. The fourth-order valence-electron chi connectivity index (χ4n) is 3.25. The first-order chi connectivity index (χ1) is 9.22. The number of carbonyl (C=O) groups is 1. The fourth-order valence-corrected chi connectivity index (χ4v) is 3.25. The van der Waals surface area contributed by atoms with Crippen molar-refractivity contribution in [1.82, 2.24) is 15.5 Å².